The van der Waals surface area contributed by atoms with Crippen LogP contribution in [0.4, 0.5) is 0 Å². The van der Waals surface area contributed by atoms with E-state index in [1.54, 1.807) is 24.3 Å². The summed E-state index contributed by atoms with van der Waals surface area (Å²) in [4.78, 5) is 23.1. The van der Waals surface area contributed by atoms with Crippen molar-refractivity contribution in [3.63, 3.8) is 0 Å². The van der Waals surface area contributed by atoms with Crippen LogP contribution in [0, 0.1) is 11.8 Å². The van der Waals surface area contributed by atoms with Crippen LogP contribution in [0.3, 0.4) is 0 Å². The highest BCUT2D eigenvalue weighted by Gasteiger charge is 2.21. The fourth-order valence-corrected chi connectivity index (χ4v) is 2.87. The minimum atomic E-state index is -0.222. The second kappa shape index (κ2) is 8.08. The minimum absolute atomic E-state index is 0.0209. The molecule has 4 nitrogen and oxygen atoms in total. The van der Waals surface area contributed by atoms with Crippen LogP contribution in [0.5, 0.6) is 0 Å². The van der Waals surface area contributed by atoms with Crippen LogP contribution in [-0.2, 0) is 16.0 Å². The number of ether oxygens (including phenoxy) is 1. The first-order valence-corrected chi connectivity index (χ1v) is 7.95. The summed E-state index contributed by atoms with van der Waals surface area (Å²) in [6.45, 7) is 2.26. The second-order valence-corrected chi connectivity index (χ2v) is 6.18. The molecule has 0 atom stereocenters. The Hall–Kier alpha value is -1.68. The van der Waals surface area contributed by atoms with Gasteiger partial charge < -0.3 is 9.84 Å². The Morgan fingerprint density at radius 3 is 2.23 bits per heavy atom. The molecule has 0 heterocycles. The maximum absolute atomic E-state index is 11.9. The topological polar surface area (TPSA) is 63.6 Å². The Kier molecular flexibility index (Phi) is 6.13. The Bertz CT molecular complexity index is 498. The smallest absolute Gasteiger partial charge is 0.310 e. The Balaban J connectivity index is 1.73. The summed E-state index contributed by atoms with van der Waals surface area (Å²) in [5.41, 5.74) is 1.51. The summed E-state index contributed by atoms with van der Waals surface area (Å²) in [6, 6.07) is 7.07. The van der Waals surface area contributed by atoms with Gasteiger partial charge in [-0.3, -0.25) is 9.59 Å². The molecule has 1 aromatic rings. The van der Waals surface area contributed by atoms with Gasteiger partial charge in [0.15, 0.2) is 5.78 Å². The number of rotatable bonds is 6. The molecular weight excluding hydrogens is 280 g/mol. The Morgan fingerprint density at radius 2 is 1.68 bits per heavy atom. The predicted octanol–water partition coefficient (Wildman–Crippen LogP) is 2.77. The van der Waals surface area contributed by atoms with Gasteiger partial charge in [-0.2, -0.15) is 0 Å². The van der Waals surface area contributed by atoms with Crippen LogP contribution in [0.15, 0.2) is 24.3 Å². The van der Waals surface area contributed by atoms with Gasteiger partial charge >= 0.3 is 5.97 Å². The van der Waals surface area contributed by atoms with Crippen molar-refractivity contribution in [3.05, 3.63) is 35.4 Å². The summed E-state index contributed by atoms with van der Waals surface area (Å²) in [5, 5.41) is 9.11. The minimum Gasteiger partial charge on any atom is -0.465 e. The van der Waals surface area contributed by atoms with Gasteiger partial charge in [0.2, 0.25) is 0 Å². The molecule has 4 heteroatoms. The number of aliphatic hydroxyl groups is 1. The average molecular weight is 304 g/mol. The van der Waals surface area contributed by atoms with Gasteiger partial charge in [-0.1, -0.05) is 24.3 Å². The highest BCUT2D eigenvalue weighted by molar-refractivity contribution is 5.94. The number of carbonyl (C=O) groups excluding carboxylic acids is 2. The highest BCUT2D eigenvalue weighted by Crippen LogP contribution is 2.28. The third kappa shape index (κ3) is 4.95. The largest absolute Gasteiger partial charge is 0.465 e. The number of hydrogen-bond acceptors (Lipinski definition) is 4. The van der Waals surface area contributed by atoms with E-state index in [0.29, 0.717) is 24.0 Å². The zero-order valence-corrected chi connectivity index (χ0v) is 13.1. The van der Waals surface area contributed by atoms with Gasteiger partial charge in [-0.15, -0.1) is 0 Å². The summed E-state index contributed by atoms with van der Waals surface area (Å²) in [7, 11) is 0. The van der Waals surface area contributed by atoms with Crippen LogP contribution in [-0.4, -0.2) is 30.1 Å². The number of aliphatic hydroxyl groups excluding tert-OH is 1. The predicted molar refractivity (Wildman–Crippen MR) is 83.6 cm³/mol. The number of esters is 1. The van der Waals surface area contributed by atoms with E-state index in [1.165, 1.54) is 6.92 Å². The van der Waals surface area contributed by atoms with E-state index >= 15 is 0 Å². The van der Waals surface area contributed by atoms with Crippen molar-refractivity contribution in [1.29, 1.82) is 0 Å². The van der Waals surface area contributed by atoms with Crippen molar-refractivity contribution in [2.45, 2.75) is 39.0 Å². The average Bonchev–Trinajstić information content (AvgIpc) is 2.54. The Labute approximate surface area is 131 Å². The van der Waals surface area contributed by atoms with Gasteiger partial charge in [0.25, 0.3) is 0 Å². The van der Waals surface area contributed by atoms with E-state index in [1.807, 2.05) is 0 Å². The van der Waals surface area contributed by atoms with E-state index in [9.17, 15) is 9.59 Å². The van der Waals surface area contributed by atoms with Crippen LogP contribution in [0.2, 0.25) is 0 Å². The summed E-state index contributed by atoms with van der Waals surface area (Å²) >= 11 is 0. The SMILES string of the molecule is CC(=O)c1ccc(CC(=O)OCC2CCC(CO)CC2)cc1. The highest BCUT2D eigenvalue weighted by atomic mass is 16.5. The molecule has 1 fully saturated rings. The molecule has 2 rings (SSSR count). The van der Waals surface area contributed by atoms with E-state index in [-0.39, 0.29) is 24.8 Å². The number of hydrogen-bond donors (Lipinski definition) is 1. The normalized spacial score (nSPS) is 21.4. The first-order valence-electron chi connectivity index (χ1n) is 7.95. The van der Waals surface area contributed by atoms with Crippen molar-refractivity contribution in [3.8, 4) is 0 Å². The van der Waals surface area contributed by atoms with Gasteiger partial charge in [0.05, 0.1) is 13.0 Å². The molecule has 22 heavy (non-hydrogen) atoms. The standard InChI is InChI=1S/C18H24O4/c1-13(20)17-8-6-14(7-9-17)10-18(21)22-12-16-4-2-15(11-19)3-5-16/h6-9,15-16,19H,2-5,10-12H2,1H3. The first-order chi connectivity index (χ1) is 10.6. The molecule has 120 valence electrons. The zero-order chi connectivity index (χ0) is 15.9. The number of Topliss-reactive ketones (excluding diaryl/α,β-unsaturated/α-hetero) is 1. The maximum atomic E-state index is 11.9. The van der Waals surface area contributed by atoms with E-state index in [4.69, 9.17) is 9.84 Å². The van der Waals surface area contributed by atoms with Gasteiger partial charge in [-0.25, -0.2) is 0 Å². The molecule has 1 aromatic carbocycles. The van der Waals surface area contributed by atoms with Crippen LogP contribution in [0.1, 0.15) is 48.5 Å². The van der Waals surface area contributed by atoms with Crippen molar-refractivity contribution in [1.82, 2.24) is 0 Å². The summed E-state index contributed by atoms with van der Waals surface area (Å²) in [5.74, 6) is 0.644. The summed E-state index contributed by atoms with van der Waals surface area (Å²) < 4.78 is 5.36. The molecule has 0 saturated heterocycles. The molecule has 0 aliphatic heterocycles. The maximum Gasteiger partial charge on any atom is 0.310 e. The lowest BCUT2D eigenvalue weighted by Crippen LogP contribution is -2.22. The molecule has 0 bridgehead atoms. The first kappa shape index (κ1) is 16.7. The monoisotopic (exact) mass is 304 g/mol. The summed E-state index contributed by atoms with van der Waals surface area (Å²) in [6.07, 6.45) is 4.32. The van der Waals surface area contributed by atoms with Crippen molar-refractivity contribution >= 4 is 11.8 Å². The lowest BCUT2D eigenvalue weighted by atomic mass is 9.83. The van der Waals surface area contributed by atoms with Crippen molar-refractivity contribution in [2.75, 3.05) is 13.2 Å². The molecule has 1 aliphatic carbocycles. The number of carbonyl (C=O) groups is 2. The van der Waals surface area contributed by atoms with Gasteiger partial charge in [0.1, 0.15) is 0 Å². The Morgan fingerprint density at radius 1 is 1.09 bits per heavy atom. The van der Waals surface area contributed by atoms with Crippen LogP contribution in [0.25, 0.3) is 0 Å². The lowest BCUT2D eigenvalue weighted by molar-refractivity contribution is -0.144. The van der Waals surface area contributed by atoms with Gasteiger partial charge in [0, 0.05) is 12.2 Å². The molecule has 1 N–H and O–H groups in total. The van der Waals surface area contributed by atoms with Crippen LogP contribution >= 0.6 is 0 Å². The fraction of sp³-hybridized carbons (Fsp3) is 0.556. The molecule has 0 unspecified atom stereocenters. The molecule has 0 amide bonds. The molecule has 0 radical (unpaired) electrons. The molecule has 1 saturated carbocycles. The molecule has 1 aliphatic rings. The third-order valence-electron chi connectivity index (χ3n) is 4.41. The third-order valence-corrected chi connectivity index (χ3v) is 4.41. The van der Waals surface area contributed by atoms with Crippen molar-refractivity contribution < 1.29 is 19.4 Å². The number of ketones is 1. The van der Waals surface area contributed by atoms with E-state index in [2.05, 4.69) is 0 Å². The molecule has 0 aromatic heterocycles. The van der Waals surface area contributed by atoms with E-state index < -0.39 is 0 Å². The van der Waals surface area contributed by atoms with Crippen LogP contribution < -0.4 is 0 Å². The molecular formula is C18H24O4. The zero-order valence-electron chi connectivity index (χ0n) is 13.1. The molecule has 0 spiro atoms. The fourth-order valence-electron chi connectivity index (χ4n) is 2.87. The second-order valence-electron chi connectivity index (χ2n) is 6.18. The van der Waals surface area contributed by atoms with E-state index in [0.717, 1.165) is 31.2 Å². The lowest BCUT2D eigenvalue weighted by Gasteiger charge is -2.26. The van der Waals surface area contributed by atoms with Crippen molar-refractivity contribution in [2.24, 2.45) is 11.8 Å². The quantitative estimate of drug-likeness (QED) is 0.648. The van der Waals surface area contributed by atoms with Gasteiger partial charge in [-0.05, 0) is 50.0 Å². The number of benzene rings is 1.